The first-order valence-corrected chi connectivity index (χ1v) is 8.99. The third-order valence-electron chi connectivity index (χ3n) is 4.71. The fourth-order valence-electron chi connectivity index (χ4n) is 0.992. The van der Waals surface area contributed by atoms with Gasteiger partial charge in [-0.2, -0.15) is 0 Å². The van der Waals surface area contributed by atoms with Crippen molar-refractivity contribution in [3.8, 4) is 0 Å². The summed E-state index contributed by atoms with van der Waals surface area (Å²) >= 11 is 0. The molecule has 204 valence electrons. The molecule has 0 amide bonds. The maximum atomic E-state index is 10.8. The molecule has 0 radical (unpaired) electrons. The second kappa shape index (κ2) is 25.7. The van der Waals surface area contributed by atoms with E-state index in [1.54, 1.807) is 13.8 Å². The molecule has 0 spiro atoms. The maximum Gasteiger partial charge on any atom is 0.311 e. The number of hydrogen-bond acceptors (Lipinski definition) is 5. The van der Waals surface area contributed by atoms with Gasteiger partial charge < -0.3 is 14.6 Å². The Labute approximate surface area is 203 Å². The van der Waals surface area contributed by atoms with Crippen LogP contribution in [0.2, 0.25) is 0 Å². The summed E-state index contributed by atoms with van der Waals surface area (Å²) in [6.45, 7) is 16.7. The van der Waals surface area contributed by atoms with Gasteiger partial charge in [0.05, 0.1) is 30.5 Å². The van der Waals surface area contributed by atoms with Crippen LogP contribution in [0.1, 0.15) is 126 Å². The van der Waals surface area contributed by atoms with Gasteiger partial charge in [-0.25, -0.2) is 0 Å². The molecule has 6 nitrogen and oxygen atoms in total. The predicted octanol–water partition coefficient (Wildman–Crippen LogP) is 8.52. The van der Waals surface area contributed by atoms with Crippen molar-refractivity contribution in [2.45, 2.75) is 126 Å². The number of carboxylic acids is 1. The Morgan fingerprint density at radius 1 is 0.562 bits per heavy atom. The van der Waals surface area contributed by atoms with Gasteiger partial charge in [0.2, 0.25) is 0 Å². The summed E-state index contributed by atoms with van der Waals surface area (Å²) in [6.07, 6.45) is 2.32. The van der Waals surface area contributed by atoms with Gasteiger partial charge >= 0.3 is 17.9 Å². The van der Waals surface area contributed by atoms with Crippen LogP contribution >= 0.6 is 0 Å². The zero-order valence-electron chi connectivity index (χ0n) is 18.6. The molecule has 0 aliphatic heterocycles. The van der Waals surface area contributed by atoms with E-state index < -0.39 is 11.4 Å². The van der Waals surface area contributed by atoms with Crippen LogP contribution in [-0.2, 0) is 23.9 Å². The second-order valence-electron chi connectivity index (χ2n) is 8.00. The monoisotopic (exact) mass is 472 g/mol. The summed E-state index contributed by atoms with van der Waals surface area (Å²) in [5, 5.41) is 8.44. The average molecular weight is 473 g/mol. The third-order valence-corrected chi connectivity index (χ3v) is 4.71. The molecule has 0 bridgehead atoms. The maximum absolute atomic E-state index is 10.8. The molecule has 0 aromatic carbocycles. The first kappa shape index (κ1) is 57.4. The number of esters is 2. The SMILES string of the molecule is C.C.C.C.C.C.CCC(C)(C)C(=O)O.CCC(C)(C)C(=O)OC.CCC(C)(C)C(=O)OC. The highest BCUT2D eigenvalue weighted by Crippen LogP contribution is 2.21. The molecule has 0 unspecified atom stereocenters. The second-order valence-corrected chi connectivity index (χ2v) is 8.00. The van der Waals surface area contributed by atoms with E-state index in [-0.39, 0.29) is 67.3 Å². The molecule has 32 heavy (non-hydrogen) atoms. The van der Waals surface area contributed by atoms with Crippen molar-refractivity contribution in [1.82, 2.24) is 0 Å². The summed E-state index contributed by atoms with van der Waals surface area (Å²) in [5.41, 5.74) is -1.16. The zero-order chi connectivity index (χ0) is 21.8. The minimum Gasteiger partial charge on any atom is -0.481 e. The zero-order valence-corrected chi connectivity index (χ0v) is 18.6. The van der Waals surface area contributed by atoms with E-state index in [0.29, 0.717) is 6.42 Å². The van der Waals surface area contributed by atoms with Crippen LogP contribution in [0.25, 0.3) is 0 Å². The van der Waals surface area contributed by atoms with Crippen molar-refractivity contribution < 1.29 is 29.0 Å². The van der Waals surface area contributed by atoms with Crippen molar-refractivity contribution in [3.63, 3.8) is 0 Å². The Hall–Kier alpha value is -1.59. The Bertz CT molecular complexity index is 410. The summed E-state index contributed by atoms with van der Waals surface area (Å²) in [7, 11) is 2.83. The van der Waals surface area contributed by atoms with Crippen LogP contribution in [0.5, 0.6) is 0 Å². The van der Waals surface area contributed by atoms with E-state index in [1.807, 2.05) is 48.5 Å². The Kier molecular flexibility index (Phi) is 46.0. The highest BCUT2D eigenvalue weighted by atomic mass is 16.5. The summed E-state index contributed by atoms with van der Waals surface area (Å²) in [4.78, 5) is 31.9. The molecule has 0 aliphatic carbocycles. The molecular formula is C26H64O6. The lowest BCUT2D eigenvalue weighted by Gasteiger charge is -2.17. The first-order chi connectivity index (χ1) is 11.6. The standard InChI is InChI=1S/2C7H14O2.C6H12O2.6CH4/c2*1-5-7(2,3)6(8)9-4;1-4-6(2,3)5(7)8;;;;;;/h2*5H2,1-4H3;4H2,1-3H3,(H,7,8);6*1H4. The van der Waals surface area contributed by atoms with Crippen LogP contribution in [0, 0.1) is 16.2 Å². The van der Waals surface area contributed by atoms with Gasteiger partial charge in [-0.15, -0.1) is 0 Å². The average Bonchev–Trinajstić information content (AvgIpc) is 2.60. The Balaban J connectivity index is -0.0000000324. The summed E-state index contributed by atoms with van der Waals surface area (Å²) < 4.78 is 9.13. The fourth-order valence-corrected chi connectivity index (χ4v) is 0.992. The number of carboxylic acid groups (broad SMARTS) is 1. The molecule has 1 N–H and O–H groups in total. The van der Waals surface area contributed by atoms with Crippen LogP contribution in [-0.4, -0.2) is 37.2 Å². The van der Waals surface area contributed by atoms with E-state index in [4.69, 9.17) is 5.11 Å². The van der Waals surface area contributed by atoms with Gasteiger partial charge in [0.25, 0.3) is 0 Å². The van der Waals surface area contributed by atoms with Gasteiger partial charge in [-0.05, 0) is 60.8 Å². The number of aliphatic carboxylic acids is 1. The summed E-state index contributed by atoms with van der Waals surface area (Å²) in [5.74, 6) is -0.991. The minimum atomic E-state index is -0.722. The van der Waals surface area contributed by atoms with Gasteiger partial charge in [0.1, 0.15) is 0 Å². The lowest BCUT2D eigenvalue weighted by atomic mass is 9.91. The molecule has 0 saturated heterocycles. The quantitative estimate of drug-likeness (QED) is 0.389. The van der Waals surface area contributed by atoms with Crippen molar-refractivity contribution in [3.05, 3.63) is 0 Å². The molecule has 0 aliphatic rings. The smallest absolute Gasteiger partial charge is 0.311 e. The lowest BCUT2D eigenvalue weighted by molar-refractivity contribution is -0.151. The number of methoxy groups -OCH3 is 2. The van der Waals surface area contributed by atoms with E-state index >= 15 is 0 Å². The van der Waals surface area contributed by atoms with Crippen LogP contribution in [0.4, 0.5) is 0 Å². The normalized spacial score (nSPS) is 9.09. The Morgan fingerprint density at radius 3 is 0.781 bits per heavy atom. The first-order valence-electron chi connectivity index (χ1n) is 8.99. The molecule has 0 saturated carbocycles. The highest BCUT2D eigenvalue weighted by Gasteiger charge is 2.26. The molecule has 0 aromatic rings. The lowest BCUT2D eigenvalue weighted by Crippen LogP contribution is -2.24. The van der Waals surface area contributed by atoms with Crippen molar-refractivity contribution in [1.29, 1.82) is 0 Å². The molecule has 0 rings (SSSR count). The van der Waals surface area contributed by atoms with Crippen molar-refractivity contribution in [2.24, 2.45) is 16.2 Å². The van der Waals surface area contributed by atoms with Crippen LogP contribution in [0.3, 0.4) is 0 Å². The molecular weight excluding hydrogens is 408 g/mol. The Morgan fingerprint density at radius 2 is 0.750 bits per heavy atom. The van der Waals surface area contributed by atoms with Crippen LogP contribution < -0.4 is 0 Å². The van der Waals surface area contributed by atoms with Gasteiger partial charge in [-0.3, -0.25) is 14.4 Å². The van der Waals surface area contributed by atoms with E-state index in [9.17, 15) is 14.4 Å². The number of carbonyl (C=O) groups is 3. The van der Waals surface area contributed by atoms with Gasteiger partial charge in [-0.1, -0.05) is 65.3 Å². The van der Waals surface area contributed by atoms with Crippen molar-refractivity contribution >= 4 is 17.9 Å². The number of carbonyl (C=O) groups excluding carboxylic acids is 2. The van der Waals surface area contributed by atoms with Gasteiger partial charge in [0.15, 0.2) is 0 Å². The largest absolute Gasteiger partial charge is 0.481 e. The molecule has 0 atom stereocenters. The third kappa shape index (κ3) is 24.7. The highest BCUT2D eigenvalue weighted by molar-refractivity contribution is 5.76. The molecule has 0 fully saturated rings. The van der Waals surface area contributed by atoms with Crippen LogP contribution in [0.15, 0.2) is 0 Å². The summed E-state index contributed by atoms with van der Waals surface area (Å²) in [6, 6.07) is 0. The number of rotatable bonds is 6. The van der Waals surface area contributed by atoms with E-state index in [0.717, 1.165) is 12.8 Å². The topological polar surface area (TPSA) is 89.9 Å². The predicted molar refractivity (Wildman–Crippen MR) is 144 cm³/mol. The van der Waals surface area contributed by atoms with E-state index in [1.165, 1.54) is 14.2 Å². The fraction of sp³-hybridized carbons (Fsp3) is 0.885. The molecule has 0 heterocycles. The number of hydrogen-bond donors (Lipinski definition) is 1. The van der Waals surface area contributed by atoms with Crippen molar-refractivity contribution in [2.75, 3.05) is 14.2 Å². The van der Waals surface area contributed by atoms with E-state index in [2.05, 4.69) is 9.47 Å². The molecule has 6 heteroatoms. The van der Waals surface area contributed by atoms with Gasteiger partial charge in [0, 0.05) is 0 Å². The minimum absolute atomic E-state index is 0. The molecule has 0 aromatic heterocycles. The number of ether oxygens (including phenoxy) is 2.